The lowest BCUT2D eigenvalue weighted by Crippen LogP contribution is -2.46. The van der Waals surface area contributed by atoms with Crippen molar-refractivity contribution in [2.75, 3.05) is 20.1 Å². The van der Waals surface area contributed by atoms with Crippen LogP contribution in [0.15, 0.2) is 53.9 Å². The Bertz CT molecular complexity index is 839. The minimum atomic E-state index is -0.406. The molecular formula is C26H36N2OS. The lowest BCUT2D eigenvalue weighted by atomic mass is 9.88. The summed E-state index contributed by atoms with van der Waals surface area (Å²) in [4.78, 5) is 1.18. The summed E-state index contributed by atoms with van der Waals surface area (Å²) in [7, 11) is 2.03. The molecule has 2 N–H and O–H groups in total. The molecule has 1 aliphatic carbocycles. The van der Waals surface area contributed by atoms with Gasteiger partial charge in [-0.25, -0.2) is 4.31 Å². The van der Waals surface area contributed by atoms with Gasteiger partial charge in [-0.3, -0.25) is 0 Å². The molecule has 3 rings (SSSR count). The van der Waals surface area contributed by atoms with Crippen LogP contribution in [-0.2, 0) is 12.8 Å². The van der Waals surface area contributed by atoms with Crippen LogP contribution in [0.5, 0.6) is 0 Å². The Hall–Kier alpha value is -1.59. The van der Waals surface area contributed by atoms with Crippen LogP contribution in [0.4, 0.5) is 0 Å². The summed E-state index contributed by atoms with van der Waals surface area (Å²) in [6.45, 7) is 11.7. The Morgan fingerprint density at radius 2 is 1.90 bits per heavy atom. The summed E-state index contributed by atoms with van der Waals surface area (Å²) in [6.07, 6.45) is 4.94. The maximum absolute atomic E-state index is 10.6. The van der Waals surface area contributed by atoms with Crippen molar-refractivity contribution >= 4 is 18.0 Å². The average Bonchev–Trinajstić information content (AvgIpc) is 3.08. The minimum absolute atomic E-state index is 0.0109. The van der Waals surface area contributed by atoms with Gasteiger partial charge in [-0.05, 0) is 99.3 Å². The van der Waals surface area contributed by atoms with Gasteiger partial charge in [0.1, 0.15) is 0 Å². The van der Waals surface area contributed by atoms with E-state index in [0.29, 0.717) is 19.0 Å². The van der Waals surface area contributed by atoms with E-state index in [1.54, 1.807) is 11.9 Å². The second-order valence-electron chi connectivity index (χ2n) is 9.29. The van der Waals surface area contributed by atoms with Gasteiger partial charge in [0.15, 0.2) is 0 Å². The summed E-state index contributed by atoms with van der Waals surface area (Å²) in [5, 5.41) is 14.2. The topological polar surface area (TPSA) is 35.5 Å². The lowest BCUT2D eigenvalue weighted by molar-refractivity contribution is 0.138. The van der Waals surface area contributed by atoms with Crippen LogP contribution in [-0.4, -0.2) is 41.2 Å². The first-order valence-corrected chi connectivity index (χ1v) is 11.6. The predicted molar refractivity (Wildman–Crippen MR) is 130 cm³/mol. The molecule has 0 fully saturated rings. The summed E-state index contributed by atoms with van der Waals surface area (Å²) in [6, 6.07) is 15.2. The molecule has 1 aliphatic rings. The van der Waals surface area contributed by atoms with Crippen molar-refractivity contribution in [3.8, 4) is 0 Å². The van der Waals surface area contributed by atoms with Gasteiger partial charge in [0.2, 0.25) is 0 Å². The molecule has 0 unspecified atom stereocenters. The molecule has 3 nitrogen and oxygen atoms in total. The summed E-state index contributed by atoms with van der Waals surface area (Å²) >= 11 is 1.67. The zero-order valence-corrected chi connectivity index (χ0v) is 19.6. The minimum Gasteiger partial charge on any atom is -0.390 e. The fourth-order valence-electron chi connectivity index (χ4n) is 4.49. The smallest absolute Gasteiger partial charge is 0.0800 e. The van der Waals surface area contributed by atoms with Crippen molar-refractivity contribution in [1.29, 1.82) is 0 Å². The molecule has 30 heavy (non-hydrogen) atoms. The van der Waals surface area contributed by atoms with Crippen LogP contribution in [0.2, 0.25) is 0 Å². The van der Waals surface area contributed by atoms with Gasteiger partial charge >= 0.3 is 0 Å². The number of β-amino-alcohol motifs (C(OH)–C–C–N with tert-alkyl or cyclic N) is 1. The maximum atomic E-state index is 10.6. The number of hydrogen-bond donors (Lipinski definition) is 2. The third-order valence-corrected chi connectivity index (χ3v) is 6.87. The molecule has 0 bridgehead atoms. The first-order chi connectivity index (χ1) is 14.3. The highest BCUT2D eigenvalue weighted by molar-refractivity contribution is 7.97. The van der Waals surface area contributed by atoms with Crippen molar-refractivity contribution in [1.82, 2.24) is 9.62 Å². The molecule has 0 heterocycles. The number of fused-ring (bicyclic) bond motifs is 1. The second-order valence-corrected chi connectivity index (χ2v) is 10.6. The molecule has 1 atom stereocenters. The average molecular weight is 425 g/mol. The van der Waals surface area contributed by atoms with Crippen molar-refractivity contribution in [2.45, 2.75) is 56.6 Å². The molecular weight excluding hydrogens is 388 g/mol. The number of likely N-dealkylation sites (N-methyl/N-ethyl adjacent to an activating group) is 1. The third kappa shape index (κ3) is 6.45. The third-order valence-electron chi connectivity index (χ3n) is 5.94. The highest BCUT2D eigenvalue weighted by Gasteiger charge is 2.28. The summed E-state index contributed by atoms with van der Waals surface area (Å²) in [5.41, 5.74) is 5.42. The van der Waals surface area contributed by atoms with Gasteiger partial charge in [-0.2, -0.15) is 0 Å². The number of aryl methyl sites for hydroxylation is 1. The van der Waals surface area contributed by atoms with Crippen LogP contribution in [0.1, 0.15) is 42.5 Å². The second kappa shape index (κ2) is 10.1. The number of rotatable bonds is 10. The Kier molecular flexibility index (Phi) is 7.81. The largest absolute Gasteiger partial charge is 0.390 e. The summed E-state index contributed by atoms with van der Waals surface area (Å²) in [5.74, 6) is 0.682. The molecule has 0 spiro atoms. The molecule has 0 radical (unpaired) electrons. The van der Waals surface area contributed by atoms with Crippen molar-refractivity contribution in [3.05, 3.63) is 71.3 Å². The van der Waals surface area contributed by atoms with Gasteiger partial charge in [0, 0.05) is 23.5 Å². The van der Waals surface area contributed by atoms with Crippen LogP contribution < -0.4 is 5.32 Å². The molecule has 2 aromatic carbocycles. The van der Waals surface area contributed by atoms with E-state index in [2.05, 4.69) is 79.4 Å². The van der Waals surface area contributed by atoms with E-state index in [9.17, 15) is 5.11 Å². The van der Waals surface area contributed by atoms with E-state index in [4.69, 9.17) is 0 Å². The molecule has 0 aliphatic heterocycles. The van der Waals surface area contributed by atoms with Gasteiger partial charge in [0.05, 0.1) is 6.10 Å². The first kappa shape index (κ1) is 23.1. The lowest BCUT2D eigenvalue weighted by Gasteiger charge is -2.31. The van der Waals surface area contributed by atoms with E-state index in [0.717, 1.165) is 6.42 Å². The van der Waals surface area contributed by atoms with Gasteiger partial charge < -0.3 is 10.4 Å². The number of benzene rings is 2. The summed E-state index contributed by atoms with van der Waals surface area (Å²) < 4.78 is 2.11. The molecule has 0 aromatic heterocycles. The quantitative estimate of drug-likeness (QED) is 0.520. The van der Waals surface area contributed by atoms with Gasteiger partial charge in [-0.15, -0.1) is 0 Å². The predicted octanol–water partition coefficient (Wildman–Crippen LogP) is 5.11. The Labute approximate surface area is 186 Å². The van der Waals surface area contributed by atoms with Crippen LogP contribution in [0.25, 0.3) is 6.08 Å². The van der Waals surface area contributed by atoms with Gasteiger partial charge in [-0.1, -0.05) is 43.0 Å². The standard InChI is InChI=1S/C26H36N2OS/c1-6-21-11-12-25(13-19(21)2)30-28(5)18-24(29)17-27-26(3,4)16-20-14-22-9-7-8-10-23(22)15-20/h6-13,20,24,27,29H,1,14-18H2,2-5H3/t24-/m1/s1. The number of nitrogens with one attached hydrogen (secondary N) is 1. The van der Waals surface area contributed by atoms with E-state index in [1.165, 1.54) is 40.0 Å². The Morgan fingerprint density at radius 1 is 1.23 bits per heavy atom. The van der Waals surface area contributed by atoms with Gasteiger partial charge in [0.25, 0.3) is 0 Å². The van der Waals surface area contributed by atoms with Crippen molar-refractivity contribution in [2.24, 2.45) is 5.92 Å². The van der Waals surface area contributed by atoms with E-state index in [1.807, 2.05) is 13.1 Å². The van der Waals surface area contributed by atoms with E-state index < -0.39 is 6.10 Å². The van der Waals surface area contributed by atoms with Crippen LogP contribution in [0.3, 0.4) is 0 Å². The number of aliphatic hydroxyl groups is 1. The fourth-order valence-corrected chi connectivity index (χ4v) is 5.46. The molecule has 4 heteroatoms. The normalized spacial score (nSPS) is 15.4. The molecule has 0 amide bonds. The Balaban J connectivity index is 1.42. The molecule has 162 valence electrons. The molecule has 2 aromatic rings. The van der Waals surface area contributed by atoms with Crippen molar-refractivity contribution in [3.63, 3.8) is 0 Å². The zero-order chi connectivity index (χ0) is 21.7. The maximum Gasteiger partial charge on any atom is 0.0800 e. The van der Waals surface area contributed by atoms with E-state index >= 15 is 0 Å². The zero-order valence-electron chi connectivity index (χ0n) is 18.8. The highest BCUT2D eigenvalue weighted by atomic mass is 32.2. The monoisotopic (exact) mass is 424 g/mol. The SMILES string of the molecule is C=Cc1ccc(SN(C)C[C@H](O)CNC(C)(C)CC2Cc3ccccc3C2)cc1C. The number of hydrogen-bond acceptors (Lipinski definition) is 4. The molecule has 0 saturated heterocycles. The van der Waals surface area contributed by atoms with Crippen molar-refractivity contribution < 1.29 is 5.11 Å². The van der Waals surface area contributed by atoms with Crippen LogP contribution >= 0.6 is 11.9 Å². The Morgan fingerprint density at radius 3 is 2.50 bits per heavy atom. The van der Waals surface area contributed by atoms with Crippen LogP contribution in [0, 0.1) is 12.8 Å². The fraction of sp³-hybridized carbons (Fsp3) is 0.462. The molecule has 0 saturated carbocycles. The first-order valence-electron chi connectivity index (χ1n) is 10.9. The number of aliphatic hydroxyl groups excluding tert-OH is 1. The highest BCUT2D eigenvalue weighted by Crippen LogP contribution is 2.32. The number of nitrogens with zero attached hydrogens (tertiary/aromatic N) is 1. The van der Waals surface area contributed by atoms with E-state index in [-0.39, 0.29) is 5.54 Å².